The number of carbonyl (C=O) groups is 4. The number of rotatable bonds is 9. The van der Waals surface area contributed by atoms with Crippen LogP contribution >= 0.6 is 0 Å². The minimum Gasteiger partial charge on any atom is -0.492 e. The molecule has 1 aromatic heterocycles. The first-order chi connectivity index (χ1) is 28.0. The van der Waals surface area contributed by atoms with Gasteiger partial charge in [0.2, 0.25) is 27.7 Å². The lowest BCUT2D eigenvalue weighted by molar-refractivity contribution is -0.142. The van der Waals surface area contributed by atoms with Gasteiger partial charge in [-0.05, 0) is 75.3 Å². The molecule has 8 rings (SSSR count). The van der Waals surface area contributed by atoms with Crippen LogP contribution in [0.1, 0.15) is 91.0 Å². The zero-order chi connectivity index (χ0) is 41.9. The van der Waals surface area contributed by atoms with Crippen LogP contribution in [0.3, 0.4) is 0 Å². The fraction of sp³-hybridized carbons (Fsp3) is 0.651. The molecule has 6 aliphatic rings. The molecule has 320 valence electrons. The molecule has 3 saturated carbocycles. The summed E-state index contributed by atoms with van der Waals surface area (Å²) in [5.74, 6) is -0.793. The summed E-state index contributed by atoms with van der Waals surface area (Å²) < 4.78 is 46.7. The Kier molecular flexibility index (Phi) is 10.9. The molecular formula is C43H58N6O9S. The summed E-state index contributed by atoms with van der Waals surface area (Å²) in [6, 6.07) is 5.55. The quantitative estimate of drug-likeness (QED) is 0.268. The summed E-state index contributed by atoms with van der Waals surface area (Å²) >= 11 is 0. The van der Waals surface area contributed by atoms with Crippen LogP contribution in [0.25, 0.3) is 10.9 Å². The standard InChI is InChI=1S/C43H58N6O9S/c1-6-27-20-43(27,39(52)48-59(54,55)42(5)16-17-42)47-36(50)32-19-28-23-49(32)38(51)35(41(2,3)4)46-40(53)58-33-18-26(33)12-8-7-9-14-30-34(56-24-25-21-44-22-25)29-13-10-11-15-31(29)45-37(30)57-28/h6,10-11,13,15,25-28,32-33,35,44H,1,7-9,12,14,16-24H2,2-5H3,(H,46,53)(H,47,50)(H,48,52)/t26-,27-,28-,32+,33-,35-,43-/m1/s1. The molecule has 5 fully saturated rings. The summed E-state index contributed by atoms with van der Waals surface area (Å²) in [5.41, 5.74) is -0.840. The van der Waals surface area contributed by atoms with Gasteiger partial charge in [-0.25, -0.2) is 18.2 Å². The fourth-order valence-corrected chi connectivity index (χ4v) is 9.97. The Hall–Kier alpha value is -4.44. The van der Waals surface area contributed by atoms with Crippen LogP contribution in [0.4, 0.5) is 4.79 Å². The molecule has 3 aliphatic carbocycles. The Morgan fingerprint density at radius 3 is 2.54 bits per heavy atom. The van der Waals surface area contributed by atoms with Gasteiger partial charge in [0.1, 0.15) is 35.6 Å². The van der Waals surface area contributed by atoms with E-state index in [-0.39, 0.29) is 31.4 Å². The number of nitrogens with one attached hydrogen (secondary N) is 4. The van der Waals surface area contributed by atoms with Crippen LogP contribution < -0.4 is 30.1 Å². The number of alkyl carbamates (subject to hydrolysis) is 1. The maximum absolute atomic E-state index is 14.8. The third kappa shape index (κ3) is 8.35. The molecule has 4 amide bonds. The van der Waals surface area contributed by atoms with Crippen molar-refractivity contribution in [3.63, 3.8) is 0 Å². The molecule has 15 nitrogen and oxygen atoms in total. The van der Waals surface area contributed by atoms with E-state index in [1.807, 2.05) is 45.0 Å². The predicted molar refractivity (Wildman–Crippen MR) is 219 cm³/mol. The van der Waals surface area contributed by atoms with Crippen LogP contribution in [0.5, 0.6) is 11.6 Å². The highest BCUT2D eigenvalue weighted by Gasteiger charge is 2.63. The molecule has 0 radical (unpaired) electrons. The first-order valence-electron chi connectivity index (χ1n) is 21.2. The second-order valence-corrected chi connectivity index (χ2v) is 21.1. The van der Waals surface area contributed by atoms with E-state index in [0.717, 1.165) is 61.9 Å². The maximum atomic E-state index is 14.8. The number of hydrogen-bond donors (Lipinski definition) is 4. The summed E-state index contributed by atoms with van der Waals surface area (Å²) in [6.45, 7) is 13.1. The van der Waals surface area contributed by atoms with Crippen molar-refractivity contribution < 1.29 is 41.8 Å². The number of fused-ring (bicyclic) bond motifs is 5. The van der Waals surface area contributed by atoms with E-state index in [1.165, 1.54) is 11.0 Å². The molecule has 2 aromatic rings. The number of para-hydroxylation sites is 1. The van der Waals surface area contributed by atoms with Gasteiger partial charge in [0.15, 0.2) is 0 Å². The summed E-state index contributed by atoms with van der Waals surface area (Å²) in [5, 5.41) is 9.88. The number of aromatic nitrogens is 1. The molecule has 2 saturated heterocycles. The van der Waals surface area contributed by atoms with Gasteiger partial charge >= 0.3 is 6.09 Å². The highest BCUT2D eigenvalue weighted by atomic mass is 32.2. The van der Waals surface area contributed by atoms with Gasteiger partial charge in [-0.1, -0.05) is 51.8 Å². The molecule has 4 N–H and O–H groups in total. The van der Waals surface area contributed by atoms with E-state index < -0.39 is 73.6 Å². The second kappa shape index (κ2) is 15.5. The normalized spacial score (nSPS) is 30.7. The van der Waals surface area contributed by atoms with Gasteiger partial charge in [0, 0.05) is 36.7 Å². The number of nitrogens with zero attached hydrogens (tertiary/aromatic N) is 2. The van der Waals surface area contributed by atoms with E-state index in [2.05, 4.69) is 27.3 Å². The van der Waals surface area contributed by atoms with Gasteiger partial charge in [-0.15, -0.1) is 6.58 Å². The van der Waals surface area contributed by atoms with Crippen molar-refractivity contribution in [1.29, 1.82) is 0 Å². The lowest BCUT2D eigenvalue weighted by atomic mass is 9.85. The minimum atomic E-state index is -4.01. The Morgan fingerprint density at radius 1 is 1.10 bits per heavy atom. The van der Waals surface area contributed by atoms with Gasteiger partial charge in [-0.3, -0.25) is 19.1 Å². The van der Waals surface area contributed by atoms with Crippen molar-refractivity contribution in [3.8, 4) is 11.6 Å². The number of hydrogen-bond acceptors (Lipinski definition) is 11. The van der Waals surface area contributed by atoms with Crippen LogP contribution in [0, 0.1) is 23.2 Å². The van der Waals surface area contributed by atoms with E-state index >= 15 is 0 Å². The monoisotopic (exact) mass is 834 g/mol. The van der Waals surface area contributed by atoms with Crippen LogP contribution in [0.15, 0.2) is 36.9 Å². The van der Waals surface area contributed by atoms with E-state index in [0.29, 0.717) is 43.2 Å². The van der Waals surface area contributed by atoms with E-state index in [9.17, 15) is 27.6 Å². The first kappa shape index (κ1) is 41.3. The van der Waals surface area contributed by atoms with Crippen molar-refractivity contribution in [3.05, 3.63) is 42.5 Å². The smallest absolute Gasteiger partial charge is 0.408 e. The predicted octanol–water partition coefficient (Wildman–Crippen LogP) is 3.89. The average molecular weight is 835 g/mol. The Labute approximate surface area is 346 Å². The molecule has 0 spiro atoms. The summed E-state index contributed by atoms with van der Waals surface area (Å²) in [6.07, 6.45) is 5.97. The Balaban J connectivity index is 1.14. The Morgan fingerprint density at radius 2 is 1.86 bits per heavy atom. The van der Waals surface area contributed by atoms with Gasteiger partial charge in [0.05, 0.1) is 29.0 Å². The number of sulfonamides is 1. The molecule has 2 bridgehead atoms. The fourth-order valence-electron chi connectivity index (χ4n) is 8.66. The highest BCUT2D eigenvalue weighted by molar-refractivity contribution is 7.91. The van der Waals surface area contributed by atoms with Crippen molar-refractivity contribution in [2.45, 2.75) is 126 Å². The second-order valence-electron chi connectivity index (χ2n) is 18.9. The first-order valence-corrected chi connectivity index (χ1v) is 22.7. The third-order valence-electron chi connectivity index (χ3n) is 13.2. The van der Waals surface area contributed by atoms with Crippen LogP contribution in [-0.2, 0) is 35.6 Å². The number of benzene rings is 1. The lowest BCUT2D eigenvalue weighted by Crippen LogP contribution is -2.60. The zero-order valence-electron chi connectivity index (χ0n) is 34.5. The SMILES string of the molecule is C=C[C@@H]1C[C@]1(NC(=O)[C@@H]1C[C@@H]2CN1C(=O)[C@H](C(C)(C)C)NC(=O)O[C@@H]1C[C@H]1CCCCCc1c(nc3ccccc3c1OCC1CNC1)O2)C(=O)NS(=O)(=O)C1(C)CC1. The molecule has 0 unspecified atom stereocenters. The largest absolute Gasteiger partial charge is 0.492 e. The molecule has 4 heterocycles. The van der Waals surface area contributed by atoms with E-state index in [4.69, 9.17) is 19.2 Å². The highest BCUT2D eigenvalue weighted by Crippen LogP contribution is 2.47. The molecule has 7 atom stereocenters. The van der Waals surface area contributed by atoms with Crippen molar-refractivity contribution in [2.75, 3.05) is 26.2 Å². The third-order valence-corrected chi connectivity index (χ3v) is 15.4. The minimum absolute atomic E-state index is 0.0282. The Bertz CT molecular complexity index is 2130. The van der Waals surface area contributed by atoms with Crippen molar-refractivity contribution >= 4 is 44.7 Å². The molecule has 59 heavy (non-hydrogen) atoms. The molecule has 3 aliphatic heterocycles. The van der Waals surface area contributed by atoms with E-state index in [1.54, 1.807) is 6.92 Å². The van der Waals surface area contributed by atoms with Crippen molar-refractivity contribution in [1.82, 2.24) is 30.6 Å². The topological polar surface area (TPSA) is 194 Å². The number of carbonyl (C=O) groups excluding carboxylic acids is 4. The maximum Gasteiger partial charge on any atom is 0.408 e. The van der Waals surface area contributed by atoms with Crippen LogP contribution in [-0.4, -0.2) is 103 Å². The van der Waals surface area contributed by atoms with Crippen LogP contribution in [0.2, 0.25) is 0 Å². The summed E-state index contributed by atoms with van der Waals surface area (Å²) in [7, 11) is -4.01. The molecule has 16 heteroatoms. The lowest BCUT2D eigenvalue weighted by Gasteiger charge is -2.35. The summed E-state index contributed by atoms with van der Waals surface area (Å²) in [4.78, 5) is 62.9. The van der Waals surface area contributed by atoms with Gasteiger partial charge < -0.3 is 35.1 Å². The molecular weight excluding hydrogens is 777 g/mol. The number of ether oxygens (including phenoxy) is 3. The van der Waals surface area contributed by atoms with Crippen molar-refractivity contribution in [2.24, 2.45) is 23.2 Å². The number of amides is 4. The van der Waals surface area contributed by atoms with Gasteiger partial charge in [0.25, 0.3) is 5.91 Å². The number of pyridine rings is 1. The average Bonchev–Trinajstić information content (AvgIpc) is 4.12. The molecule has 1 aromatic carbocycles. The zero-order valence-corrected chi connectivity index (χ0v) is 35.3. The van der Waals surface area contributed by atoms with Gasteiger partial charge in [-0.2, -0.15) is 0 Å².